The molecular weight excluding hydrogens is 243 g/mol. The van der Waals surface area contributed by atoms with E-state index in [2.05, 4.69) is 4.72 Å². The topological polar surface area (TPSA) is 72.2 Å². The summed E-state index contributed by atoms with van der Waals surface area (Å²) < 4.78 is 38.9. The van der Waals surface area contributed by atoms with E-state index in [1.165, 1.54) is 12.1 Å². The van der Waals surface area contributed by atoms with Crippen molar-refractivity contribution >= 4 is 10.0 Å². The summed E-state index contributed by atoms with van der Waals surface area (Å²) in [4.78, 5) is 0.0681. The largest absolute Gasteiger partial charge is 0.330 e. The number of hydrogen-bond donors (Lipinski definition) is 2. The molecule has 0 aliphatic heterocycles. The van der Waals surface area contributed by atoms with E-state index >= 15 is 0 Å². The third-order valence-corrected chi connectivity index (χ3v) is 3.93. The second kappa shape index (κ2) is 6.09. The van der Waals surface area contributed by atoms with Gasteiger partial charge in [0.2, 0.25) is 10.0 Å². The van der Waals surface area contributed by atoms with E-state index < -0.39 is 15.8 Å². The lowest BCUT2D eigenvalue weighted by Gasteiger charge is -2.13. The molecule has 96 valence electrons. The molecule has 1 aromatic carbocycles. The summed E-state index contributed by atoms with van der Waals surface area (Å²) in [6.45, 7) is 2.30. The van der Waals surface area contributed by atoms with Crippen molar-refractivity contribution in [1.29, 1.82) is 0 Å². The van der Waals surface area contributed by atoms with Gasteiger partial charge in [-0.25, -0.2) is 17.5 Å². The van der Waals surface area contributed by atoms with Gasteiger partial charge in [-0.3, -0.25) is 0 Å². The smallest absolute Gasteiger partial charge is 0.240 e. The van der Waals surface area contributed by atoms with Gasteiger partial charge in [-0.15, -0.1) is 0 Å². The molecule has 0 saturated heterocycles. The highest BCUT2D eigenvalue weighted by Gasteiger charge is 2.16. The maximum atomic E-state index is 12.7. The van der Waals surface area contributed by atoms with Gasteiger partial charge in [-0.05, 0) is 50.6 Å². The summed E-state index contributed by atoms with van der Waals surface area (Å²) in [5.74, 6) is -0.458. The van der Waals surface area contributed by atoms with E-state index in [4.69, 9.17) is 5.73 Å². The van der Waals surface area contributed by atoms with Gasteiger partial charge in [0.05, 0.1) is 4.90 Å². The van der Waals surface area contributed by atoms with E-state index in [0.29, 0.717) is 13.0 Å². The Balaban J connectivity index is 2.71. The molecule has 0 fully saturated rings. The van der Waals surface area contributed by atoms with E-state index in [-0.39, 0.29) is 10.9 Å². The van der Waals surface area contributed by atoms with Crippen LogP contribution in [0.15, 0.2) is 29.2 Å². The summed E-state index contributed by atoms with van der Waals surface area (Å²) in [6.07, 6.45) is 1.43. The summed E-state index contributed by atoms with van der Waals surface area (Å²) >= 11 is 0. The number of nitrogens with two attached hydrogens (primary N) is 1. The Bertz CT molecular complexity index is 445. The van der Waals surface area contributed by atoms with Crippen LogP contribution in [0.25, 0.3) is 0 Å². The van der Waals surface area contributed by atoms with Gasteiger partial charge in [0.1, 0.15) is 5.82 Å². The zero-order chi connectivity index (χ0) is 12.9. The van der Waals surface area contributed by atoms with Crippen LogP contribution < -0.4 is 10.5 Å². The zero-order valence-corrected chi connectivity index (χ0v) is 10.5. The Labute approximate surface area is 101 Å². The zero-order valence-electron chi connectivity index (χ0n) is 9.69. The van der Waals surface area contributed by atoms with Crippen molar-refractivity contribution in [3.63, 3.8) is 0 Å². The average Bonchev–Trinajstić information content (AvgIpc) is 2.26. The van der Waals surface area contributed by atoms with Gasteiger partial charge < -0.3 is 5.73 Å². The number of hydrogen-bond acceptors (Lipinski definition) is 3. The van der Waals surface area contributed by atoms with Crippen molar-refractivity contribution in [3.8, 4) is 0 Å². The molecule has 17 heavy (non-hydrogen) atoms. The Morgan fingerprint density at radius 3 is 2.47 bits per heavy atom. The fourth-order valence-electron chi connectivity index (χ4n) is 1.43. The highest BCUT2D eigenvalue weighted by atomic mass is 32.2. The van der Waals surface area contributed by atoms with Gasteiger partial charge in [0.25, 0.3) is 0 Å². The average molecular weight is 260 g/mol. The van der Waals surface area contributed by atoms with Crippen molar-refractivity contribution in [2.75, 3.05) is 6.54 Å². The first kappa shape index (κ1) is 14.1. The second-order valence-electron chi connectivity index (χ2n) is 3.91. The van der Waals surface area contributed by atoms with Crippen molar-refractivity contribution in [2.24, 2.45) is 5.73 Å². The maximum Gasteiger partial charge on any atom is 0.240 e. The van der Waals surface area contributed by atoms with Crippen LogP contribution in [0.1, 0.15) is 19.8 Å². The lowest BCUT2D eigenvalue weighted by atomic mass is 10.2. The van der Waals surface area contributed by atoms with Crippen LogP contribution in [0.4, 0.5) is 4.39 Å². The molecule has 0 heterocycles. The van der Waals surface area contributed by atoms with Gasteiger partial charge in [0, 0.05) is 6.04 Å². The van der Waals surface area contributed by atoms with Crippen molar-refractivity contribution in [1.82, 2.24) is 4.72 Å². The predicted molar refractivity (Wildman–Crippen MR) is 64.5 cm³/mol. The van der Waals surface area contributed by atoms with Crippen LogP contribution in [0.2, 0.25) is 0 Å². The summed E-state index contributed by atoms with van der Waals surface area (Å²) in [7, 11) is -3.56. The quantitative estimate of drug-likeness (QED) is 0.808. The Hall–Kier alpha value is -0.980. The Morgan fingerprint density at radius 1 is 1.35 bits per heavy atom. The fraction of sp³-hybridized carbons (Fsp3) is 0.455. The second-order valence-corrected chi connectivity index (χ2v) is 5.62. The van der Waals surface area contributed by atoms with Crippen molar-refractivity contribution in [3.05, 3.63) is 30.1 Å². The summed E-state index contributed by atoms with van der Waals surface area (Å²) in [6, 6.07) is 4.55. The SMILES string of the molecule is CC(CCCN)NS(=O)(=O)c1ccc(F)cc1. The monoisotopic (exact) mass is 260 g/mol. The molecule has 0 aromatic heterocycles. The van der Waals surface area contributed by atoms with Crippen LogP contribution in [-0.4, -0.2) is 21.0 Å². The molecule has 1 atom stereocenters. The summed E-state index contributed by atoms with van der Waals surface area (Å²) in [5, 5.41) is 0. The lowest BCUT2D eigenvalue weighted by Crippen LogP contribution is -2.32. The fourth-order valence-corrected chi connectivity index (χ4v) is 2.71. The highest BCUT2D eigenvalue weighted by Crippen LogP contribution is 2.11. The third-order valence-electron chi connectivity index (χ3n) is 2.32. The normalized spacial score (nSPS) is 13.6. The number of benzene rings is 1. The summed E-state index contributed by atoms with van der Waals surface area (Å²) in [5.41, 5.74) is 5.35. The van der Waals surface area contributed by atoms with Crippen molar-refractivity contribution in [2.45, 2.75) is 30.7 Å². The predicted octanol–water partition coefficient (Wildman–Crippen LogP) is 1.23. The Morgan fingerprint density at radius 2 is 1.94 bits per heavy atom. The molecule has 0 spiro atoms. The minimum Gasteiger partial charge on any atom is -0.330 e. The van der Waals surface area contributed by atoms with E-state index in [1.807, 2.05) is 0 Å². The third kappa shape index (κ3) is 4.41. The van der Waals surface area contributed by atoms with Crippen LogP contribution in [0.5, 0.6) is 0 Å². The van der Waals surface area contributed by atoms with Gasteiger partial charge in [-0.2, -0.15) is 0 Å². The minimum atomic E-state index is -3.56. The molecule has 1 unspecified atom stereocenters. The molecule has 0 radical (unpaired) electrons. The maximum absolute atomic E-state index is 12.7. The number of rotatable bonds is 6. The molecular formula is C11H17FN2O2S. The molecule has 1 aromatic rings. The van der Waals surface area contributed by atoms with Crippen LogP contribution in [0.3, 0.4) is 0 Å². The first-order valence-corrected chi connectivity index (χ1v) is 6.92. The van der Waals surface area contributed by atoms with E-state index in [0.717, 1.165) is 18.6 Å². The molecule has 6 heteroatoms. The number of nitrogens with one attached hydrogen (secondary N) is 1. The molecule has 3 N–H and O–H groups in total. The lowest BCUT2D eigenvalue weighted by molar-refractivity contribution is 0.538. The standard InChI is InChI=1S/C11H17FN2O2S/c1-9(3-2-8-13)14-17(15,16)11-6-4-10(12)5-7-11/h4-7,9,14H,2-3,8,13H2,1H3. The van der Waals surface area contributed by atoms with Crippen LogP contribution in [-0.2, 0) is 10.0 Å². The number of halogens is 1. The molecule has 1 rings (SSSR count). The molecule has 0 saturated carbocycles. The van der Waals surface area contributed by atoms with Gasteiger partial charge >= 0.3 is 0 Å². The van der Waals surface area contributed by atoms with Crippen LogP contribution >= 0.6 is 0 Å². The number of sulfonamides is 1. The van der Waals surface area contributed by atoms with Gasteiger partial charge in [-0.1, -0.05) is 0 Å². The van der Waals surface area contributed by atoms with E-state index in [9.17, 15) is 12.8 Å². The highest BCUT2D eigenvalue weighted by molar-refractivity contribution is 7.89. The Kier molecular flexibility index (Phi) is 5.04. The van der Waals surface area contributed by atoms with Gasteiger partial charge in [0.15, 0.2) is 0 Å². The van der Waals surface area contributed by atoms with E-state index in [1.54, 1.807) is 6.92 Å². The minimum absolute atomic E-state index is 0.0681. The molecule has 4 nitrogen and oxygen atoms in total. The molecule has 0 amide bonds. The molecule has 0 bridgehead atoms. The molecule has 0 aliphatic carbocycles. The van der Waals surface area contributed by atoms with Crippen LogP contribution in [0, 0.1) is 5.82 Å². The first-order valence-electron chi connectivity index (χ1n) is 5.43. The molecule has 0 aliphatic rings. The van der Waals surface area contributed by atoms with Crippen molar-refractivity contribution < 1.29 is 12.8 Å². The first-order chi connectivity index (χ1) is 7.95.